The maximum Gasteiger partial charge on any atom is 0.272 e. The predicted molar refractivity (Wildman–Crippen MR) is 72.6 cm³/mol. The van der Waals surface area contributed by atoms with Gasteiger partial charge in [-0.15, -0.1) is 0 Å². The van der Waals surface area contributed by atoms with Gasteiger partial charge in [-0.25, -0.2) is 4.39 Å². The number of carbonyl (C=O) groups excluding carboxylic acids is 1. The maximum absolute atomic E-state index is 13.2. The minimum absolute atomic E-state index is 0.116. The molecule has 1 rings (SSSR count). The van der Waals surface area contributed by atoms with Crippen LogP contribution in [0.4, 0.5) is 10.1 Å². The number of halogens is 1. The molecule has 0 saturated carbocycles. The largest absolute Gasteiger partial charge is 0.359 e. The molecule has 0 aliphatic carbocycles. The molecule has 0 radical (unpaired) electrons. The van der Waals surface area contributed by atoms with E-state index in [0.29, 0.717) is 12.1 Å². The molecule has 0 fully saturated rings. The molecule has 0 aliphatic heterocycles. The van der Waals surface area contributed by atoms with Gasteiger partial charge in [-0.1, -0.05) is 0 Å². The lowest BCUT2D eigenvalue weighted by Gasteiger charge is -2.22. The number of carbonyl (C=O) groups is 1. The molecule has 20 heavy (non-hydrogen) atoms. The minimum Gasteiger partial charge on any atom is -0.359 e. The van der Waals surface area contributed by atoms with Gasteiger partial charge >= 0.3 is 0 Å². The second-order valence-electron chi connectivity index (χ2n) is 5.14. The van der Waals surface area contributed by atoms with Crippen molar-refractivity contribution in [2.24, 2.45) is 5.41 Å². The van der Waals surface area contributed by atoms with Crippen LogP contribution in [0.3, 0.4) is 0 Å². The molecule has 7 heteroatoms. The normalized spacial score (nSPS) is 11.2. The first kappa shape index (κ1) is 16.0. The predicted octanol–water partition coefficient (Wildman–Crippen LogP) is 1.60. The molecule has 0 aliphatic rings. The Balaban J connectivity index is 2.67. The first-order valence-electron chi connectivity index (χ1n) is 6.13. The molecule has 2 N–H and O–H groups in total. The van der Waals surface area contributed by atoms with Gasteiger partial charge in [0.05, 0.1) is 16.4 Å². The maximum atomic E-state index is 13.2. The van der Waals surface area contributed by atoms with Crippen molar-refractivity contribution in [1.82, 2.24) is 10.6 Å². The van der Waals surface area contributed by atoms with Gasteiger partial charge in [0.15, 0.2) is 0 Å². The van der Waals surface area contributed by atoms with Gasteiger partial charge in [-0.05, 0) is 25.5 Å². The summed E-state index contributed by atoms with van der Waals surface area (Å²) in [5.41, 5.74) is -0.439. The first-order chi connectivity index (χ1) is 9.26. The number of benzene rings is 1. The third-order valence-corrected chi connectivity index (χ3v) is 2.89. The molecule has 6 nitrogen and oxygen atoms in total. The van der Waals surface area contributed by atoms with Gasteiger partial charge < -0.3 is 10.6 Å². The Labute approximate surface area is 116 Å². The summed E-state index contributed by atoms with van der Waals surface area (Å²) in [5, 5.41) is 16.2. The van der Waals surface area contributed by atoms with Crippen molar-refractivity contribution in [3.8, 4) is 0 Å². The fraction of sp³-hybridized carbons (Fsp3) is 0.462. The van der Waals surface area contributed by atoms with Gasteiger partial charge in [-0.2, -0.15) is 0 Å². The highest BCUT2D eigenvalue weighted by Crippen LogP contribution is 2.17. The molecule has 0 atom stereocenters. The Bertz CT molecular complexity index is 518. The van der Waals surface area contributed by atoms with Crippen LogP contribution in [0.1, 0.15) is 19.4 Å². The summed E-state index contributed by atoms with van der Waals surface area (Å²) < 4.78 is 13.2. The van der Waals surface area contributed by atoms with Crippen LogP contribution in [-0.2, 0) is 11.3 Å². The monoisotopic (exact) mass is 283 g/mol. The smallest absolute Gasteiger partial charge is 0.272 e. The molecular weight excluding hydrogens is 265 g/mol. The van der Waals surface area contributed by atoms with Gasteiger partial charge in [-0.3, -0.25) is 14.9 Å². The highest BCUT2D eigenvalue weighted by atomic mass is 19.1. The highest BCUT2D eigenvalue weighted by molar-refractivity contribution is 5.81. The average Bonchev–Trinajstić information content (AvgIpc) is 2.36. The Morgan fingerprint density at radius 3 is 2.60 bits per heavy atom. The SMILES string of the molecule is CNC(=O)C(C)(C)CNCc1cc(F)cc([N+](=O)[O-])c1. The average molecular weight is 283 g/mol. The van der Waals surface area contributed by atoms with E-state index in [2.05, 4.69) is 10.6 Å². The number of hydrogen-bond acceptors (Lipinski definition) is 4. The molecular formula is C13H18FN3O3. The van der Waals surface area contributed by atoms with Crippen LogP contribution in [0.15, 0.2) is 18.2 Å². The van der Waals surface area contributed by atoms with E-state index in [1.165, 1.54) is 12.1 Å². The summed E-state index contributed by atoms with van der Waals surface area (Å²) in [6, 6.07) is 3.41. The van der Waals surface area contributed by atoms with Crippen molar-refractivity contribution in [2.45, 2.75) is 20.4 Å². The van der Waals surface area contributed by atoms with E-state index >= 15 is 0 Å². The molecule has 0 saturated heterocycles. The van der Waals surface area contributed by atoms with E-state index in [1.54, 1.807) is 20.9 Å². The van der Waals surface area contributed by atoms with Crippen molar-refractivity contribution < 1.29 is 14.1 Å². The first-order valence-corrected chi connectivity index (χ1v) is 6.13. The van der Waals surface area contributed by atoms with E-state index in [1.807, 2.05) is 0 Å². The fourth-order valence-electron chi connectivity index (χ4n) is 1.78. The van der Waals surface area contributed by atoms with Crippen LogP contribution in [0, 0.1) is 21.3 Å². The summed E-state index contributed by atoms with van der Waals surface area (Å²) in [7, 11) is 1.56. The van der Waals surface area contributed by atoms with E-state index in [4.69, 9.17) is 0 Å². The lowest BCUT2D eigenvalue weighted by Crippen LogP contribution is -2.41. The van der Waals surface area contributed by atoms with Crippen LogP contribution in [0.2, 0.25) is 0 Å². The standard InChI is InChI=1S/C13H18FN3O3/c1-13(2,12(18)15-3)8-16-7-9-4-10(14)6-11(5-9)17(19)20/h4-6,16H,7-8H2,1-3H3,(H,15,18). The summed E-state index contributed by atoms with van der Waals surface area (Å²) in [6.45, 7) is 4.16. The van der Waals surface area contributed by atoms with Crippen molar-refractivity contribution in [3.63, 3.8) is 0 Å². The number of nitrogens with one attached hydrogen (secondary N) is 2. The molecule has 0 unspecified atom stereocenters. The lowest BCUT2D eigenvalue weighted by molar-refractivity contribution is -0.385. The number of nitrogens with zero attached hydrogens (tertiary/aromatic N) is 1. The third-order valence-electron chi connectivity index (χ3n) is 2.89. The summed E-state index contributed by atoms with van der Waals surface area (Å²) >= 11 is 0. The van der Waals surface area contributed by atoms with Crippen LogP contribution < -0.4 is 10.6 Å². The number of amides is 1. The molecule has 1 aromatic rings. The third kappa shape index (κ3) is 4.27. The zero-order chi connectivity index (χ0) is 15.3. The van der Waals surface area contributed by atoms with Crippen LogP contribution in [-0.4, -0.2) is 24.4 Å². The topological polar surface area (TPSA) is 84.3 Å². The Kier molecular flexibility index (Phi) is 5.15. The van der Waals surface area contributed by atoms with Gasteiger partial charge in [0.1, 0.15) is 5.82 Å². The van der Waals surface area contributed by atoms with E-state index in [0.717, 1.165) is 6.07 Å². The summed E-state index contributed by atoms with van der Waals surface area (Å²) in [6.07, 6.45) is 0. The fourth-order valence-corrected chi connectivity index (χ4v) is 1.78. The van der Waals surface area contributed by atoms with E-state index < -0.39 is 16.2 Å². The van der Waals surface area contributed by atoms with Crippen LogP contribution in [0.5, 0.6) is 0 Å². The van der Waals surface area contributed by atoms with Crippen molar-refractivity contribution in [2.75, 3.05) is 13.6 Å². The Morgan fingerprint density at radius 1 is 1.40 bits per heavy atom. The lowest BCUT2D eigenvalue weighted by atomic mass is 9.92. The Hall–Kier alpha value is -2.02. The highest BCUT2D eigenvalue weighted by Gasteiger charge is 2.25. The summed E-state index contributed by atoms with van der Waals surface area (Å²) in [5.74, 6) is -0.767. The molecule has 0 heterocycles. The minimum atomic E-state index is -0.651. The van der Waals surface area contributed by atoms with Gasteiger partial charge in [0.2, 0.25) is 5.91 Å². The molecule has 0 spiro atoms. The molecule has 110 valence electrons. The molecule has 1 aromatic carbocycles. The second kappa shape index (κ2) is 6.42. The van der Waals surface area contributed by atoms with Crippen molar-refractivity contribution in [1.29, 1.82) is 0 Å². The quantitative estimate of drug-likeness (QED) is 0.613. The van der Waals surface area contributed by atoms with Crippen LogP contribution in [0.25, 0.3) is 0 Å². The Morgan fingerprint density at radius 2 is 2.05 bits per heavy atom. The van der Waals surface area contributed by atoms with Crippen LogP contribution >= 0.6 is 0 Å². The van der Waals surface area contributed by atoms with E-state index in [9.17, 15) is 19.3 Å². The molecule has 0 bridgehead atoms. The zero-order valence-corrected chi connectivity index (χ0v) is 11.7. The summed E-state index contributed by atoms with van der Waals surface area (Å²) in [4.78, 5) is 21.6. The molecule has 1 amide bonds. The van der Waals surface area contributed by atoms with E-state index in [-0.39, 0.29) is 18.1 Å². The number of hydrogen-bond donors (Lipinski definition) is 2. The zero-order valence-electron chi connectivity index (χ0n) is 11.7. The van der Waals surface area contributed by atoms with Crippen molar-refractivity contribution >= 4 is 11.6 Å². The number of nitro benzene ring substituents is 1. The number of rotatable bonds is 6. The molecule has 0 aromatic heterocycles. The number of non-ortho nitro benzene ring substituents is 1. The second-order valence-corrected chi connectivity index (χ2v) is 5.14. The van der Waals surface area contributed by atoms with Crippen molar-refractivity contribution in [3.05, 3.63) is 39.7 Å². The van der Waals surface area contributed by atoms with Gasteiger partial charge in [0.25, 0.3) is 5.69 Å². The van der Waals surface area contributed by atoms with Gasteiger partial charge in [0, 0.05) is 26.2 Å². The number of nitro groups is 1.